The van der Waals surface area contributed by atoms with Crippen LogP contribution >= 0.6 is 0 Å². The van der Waals surface area contributed by atoms with Crippen molar-refractivity contribution in [3.8, 4) is 0 Å². The fourth-order valence-electron chi connectivity index (χ4n) is 8.70. The van der Waals surface area contributed by atoms with Gasteiger partial charge in [0.2, 0.25) is 0 Å². The third kappa shape index (κ3) is 4.46. The van der Waals surface area contributed by atoms with Crippen molar-refractivity contribution < 1.29 is 0 Å². The lowest BCUT2D eigenvalue weighted by Crippen LogP contribution is -2.19. The van der Waals surface area contributed by atoms with E-state index in [4.69, 9.17) is 0 Å². The van der Waals surface area contributed by atoms with Crippen molar-refractivity contribution in [1.82, 2.24) is 0 Å². The molecule has 0 bridgehead atoms. The summed E-state index contributed by atoms with van der Waals surface area (Å²) >= 11 is 0. The Morgan fingerprint density at radius 2 is 1.06 bits per heavy atom. The topological polar surface area (TPSA) is 3.24 Å². The summed E-state index contributed by atoms with van der Waals surface area (Å²) < 4.78 is 0. The first kappa shape index (κ1) is 29.5. The van der Waals surface area contributed by atoms with Crippen LogP contribution in [0.4, 0.5) is 17.1 Å². The van der Waals surface area contributed by atoms with Crippen molar-refractivity contribution in [2.45, 2.75) is 38.5 Å². The quantitative estimate of drug-likeness (QED) is 0.171. The second-order valence-corrected chi connectivity index (χ2v) is 14.6. The number of nitrogens with zero attached hydrogens (tertiary/aromatic N) is 1. The van der Waals surface area contributed by atoms with E-state index in [0.717, 1.165) is 11.4 Å². The minimum absolute atomic E-state index is 0.00780. The van der Waals surface area contributed by atoms with Crippen LogP contribution in [0, 0.1) is 0 Å². The van der Waals surface area contributed by atoms with Gasteiger partial charge in [0, 0.05) is 27.3 Å². The van der Waals surface area contributed by atoms with Crippen molar-refractivity contribution in [3.63, 3.8) is 0 Å². The summed E-state index contributed by atoms with van der Waals surface area (Å²) in [6, 6.07) is 55.5. The predicted molar refractivity (Wildman–Crippen MR) is 211 cm³/mol. The highest BCUT2D eigenvalue weighted by atomic mass is 15.1. The molecule has 0 amide bonds. The van der Waals surface area contributed by atoms with Crippen LogP contribution in [0.2, 0.25) is 0 Å². The highest BCUT2D eigenvalue weighted by molar-refractivity contribution is 6.10. The van der Waals surface area contributed by atoms with Gasteiger partial charge in [0.1, 0.15) is 0 Å². The molecule has 0 heterocycles. The largest absolute Gasteiger partial charge is 0.309 e. The van der Waals surface area contributed by atoms with Crippen LogP contribution in [-0.2, 0) is 10.8 Å². The molecule has 0 aliphatic heterocycles. The maximum absolute atomic E-state index is 2.43. The van der Waals surface area contributed by atoms with Gasteiger partial charge in [-0.1, -0.05) is 167 Å². The van der Waals surface area contributed by atoms with Crippen LogP contribution in [0.15, 0.2) is 152 Å². The molecule has 0 spiro atoms. The van der Waals surface area contributed by atoms with E-state index in [9.17, 15) is 0 Å². The molecule has 236 valence electrons. The highest BCUT2D eigenvalue weighted by Crippen LogP contribution is 2.62. The summed E-state index contributed by atoms with van der Waals surface area (Å²) in [5.74, 6) is 0. The van der Waals surface area contributed by atoms with E-state index < -0.39 is 0 Å². The minimum Gasteiger partial charge on any atom is -0.309 e. The number of para-hydroxylation sites is 1. The Hall–Kier alpha value is -5.66. The first-order chi connectivity index (χ1) is 23.8. The SMILES string of the molecule is CC1(C)C2=C(c3ccccc31)C(C)(C)c1cc(/C=C/c3ccc(N(c4ccccc4)c4cccc5ccccc45)c4ccccc34)ccc12. The van der Waals surface area contributed by atoms with Crippen LogP contribution in [0.5, 0.6) is 0 Å². The van der Waals surface area contributed by atoms with Gasteiger partial charge in [-0.25, -0.2) is 0 Å². The summed E-state index contributed by atoms with van der Waals surface area (Å²) in [7, 11) is 0. The summed E-state index contributed by atoms with van der Waals surface area (Å²) in [6.07, 6.45) is 4.58. The Balaban J connectivity index is 1.13. The molecule has 0 radical (unpaired) electrons. The van der Waals surface area contributed by atoms with Crippen molar-refractivity contribution in [2.24, 2.45) is 0 Å². The predicted octanol–water partition coefficient (Wildman–Crippen LogP) is 13.1. The lowest BCUT2D eigenvalue weighted by Gasteiger charge is -2.28. The summed E-state index contributed by atoms with van der Waals surface area (Å²) in [6.45, 7) is 9.59. The smallest absolute Gasteiger partial charge is 0.0540 e. The van der Waals surface area contributed by atoms with E-state index in [-0.39, 0.29) is 10.8 Å². The average molecular weight is 630 g/mol. The van der Waals surface area contributed by atoms with E-state index in [2.05, 4.69) is 196 Å². The molecular weight excluding hydrogens is 591 g/mol. The molecule has 0 saturated carbocycles. The summed E-state index contributed by atoms with van der Waals surface area (Å²) in [5, 5.41) is 4.92. The Morgan fingerprint density at radius 1 is 0.449 bits per heavy atom. The van der Waals surface area contributed by atoms with Crippen molar-refractivity contribution in [2.75, 3.05) is 4.90 Å². The molecule has 0 unspecified atom stereocenters. The number of benzene rings is 7. The molecule has 0 N–H and O–H groups in total. The Labute approximate surface area is 289 Å². The standard InChI is InChI=1S/C48H39N/c1-47(2)41-23-13-12-22-39(41)45-46(47)40-29-26-32(31-42(40)48(45,3)4)25-27-34-28-30-44(38-21-11-10-19-36(34)38)49(35-17-6-5-7-18-35)43-24-14-16-33-15-8-9-20-37(33)43/h5-31H,1-4H3/b27-25+. The molecule has 9 rings (SSSR count). The second-order valence-electron chi connectivity index (χ2n) is 14.6. The van der Waals surface area contributed by atoms with Gasteiger partial charge in [-0.2, -0.15) is 0 Å². The van der Waals surface area contributed by atoms with E-state index in [0.29, 0.717) is 0 Å². The van der Waals surface area contributed by atoms with Crippen molar-refractivity contribution in [3.05, 3.63) is 185 Å². The van der Waals surface area contributed by atoms with Gasteiger partial charge in [0.25, 0.3) is 0 Å². The molecule has 0 aromatic heterocycles. The monoisotopic (exact) mass is 629 g/mol. The van der Waals surface area contributed by atoms with Gasteiger partial charge in [-0.3, -0.25) is 0 Å². The zero-order valence-corrected chi connectivity index (χ0v) is 28.5. The van der Waals surface area contributed by atoms with Gasteiger partial charge in [-0.15, -0.1) is 0 Å². The molecule has 7 aromatic rings. The van der Waals surface area contributed by atoms with Gasteiger partial charge >= 0.3 is 0 Å². The third-order valence-electron chi connectivity index (χ3n) is 11.0. The van der Waals surface area contributed by atoms with Gasteiger partial charge in [0.05, 0.1) is 11.4 Å². The van der Waals surface area contributed by atoms with Crippen molar-refractivity contribution in [1.29, 1.82) is 0 Å². The van der Waals surface area contributed by atoms with Crippen LogP contribution in [-0.4, -0.2) is 0 Å². The van der Waals surface area contributed by atoms with Crippen LogP contribution in [0.3, 0.4) is 0 Å². The van der Waals surface area contributed by atoms with E-state index >= 15 is 0 Å². The van der Waals surface area contributed by atoms with Gasteiger partial charge in [0.15, 0.2) is 0 Å². The molecule has 2 aliphatic rings. The molecule has 1 nitrogen and oxygen atoms in total. The molecule has 49 heavy (non-hydrogen) atoms. The maximum atomic E-state index is 2.43. The number of allylic oxidation sites excluding steroid dienone is 2. The first-order valence-corrected chi connectivity index (χ1v) is 17.4. The molecule has 0 atom stereocenters. The van der Waals surface area contributed by atoms with E-state index in [1.165, 1.54) is 71.8 Å². The lowest BCUT2D eigenvalue weighted by atomic mass is 9.75. The zero-order valence-electron chi connectivity index (χ0n) is 28.5. The summed E-state index contributed by atoms with van der Waals surface area (Å²) in [5.41, 5.74) is 14.5. The molecule has 0 saturated heterocycles. The fraction of sp³-hybridized carbons (Fsp3) is 0.125. The molecule has 0 fully saturated rings. The molecule has 2 aliphatic carbocycles. The number of anilines is 3. The van der Waals surface area contributed by atoms with Crippen LogP contribution in [0.1, 0.15) is 61.1 Å². The third-order valence-corrected chi connectivity index (χ3v) is 11.0. The van der Waals surface area contributed by atoms with Crippen LogP contribution < -0.4 is 4.90 Å². The number of fused-ring (bicyclic) bond motifs is 6. The Morgan fingerprint density at radius 3 is 1.88 bits per heavy atom. The maximum Gasteiger partial charge on any atom is 0.0540 e. The number of hydrogen-bond acceptors (Lipinski definition) is 1. The normalized spacial score (nSPS) is 15.5. The van der Waals surface area contributed by atoms with Crippen LogP contribution in [0.25, 0.3) is 44.8 Å². The zero-order chi connectivity index (χ0) is 33.3. The molecule has 7 aromatic carbocycles. The van der Waals surface area contributed by atoms with Gasteiger partial charge in [-0.05, 0) is 79.6 Å². The molecule has 1 heteroatoms. The number of hydrogen-bond donors (Lipinski definition) is 0. The number of rotatable bonds is 5. The average Bonchev–Trinajstić information content (AvgIpc) is 3.53. The van der Waals surface area contributed by atoms with E-state index in [1.807, 2.05) is 0 Å². The fourth-order valence-corrected chi connectivity index (χ4v) is 8.70. The van der Waals surface area contributed by atoms with Gasteiger partial charge < -0.3 is 4.90 Å². The Bertz CT molecular complexity index is 2490. The minimum atomic E-state index is -0.0603. The Kier molecular flexibility index (Phi) is 6.58. The van der Waals surface area contributed by atoms with Crippen molar-refractivity contribution >= 4 is 61.9 Å². The second kappa shape index (κ2) is 10.9. The first-order valence-electron chi connectivity index (χ1n) is 17.4. The molecular formula is C48H39N. The van der Waals surface area contributed by atoms with E-state index in [1.54, 1.807) is 0 Å². The lowest BCUT2D eigenvalue weighted by molar-refractivity contribution is 0.694. The summed E-state index contributed by atoms with van der Waals surface area (Å²) in [4.78, 5) is 2.41. The highest BCUT2D eigenvalue weighted by Gasteiger charge is 2.49.